The number of fused-ring (bicyclic) bond motifs is 2. The van der Waals surface area contributed by atoms with Gasteiger partial charge in [-0.05, 0) is 43.5 Å². The van der Waals surface area contributed by atoms with Gasteiger partial charge in [-0.2, -0.15) is 13.8 Å². The van der Waals surface area contributed by atoms with Crippen LogP contribution in [0.1, 0.15) is 25.0 Å². The van der Waals surface area contributed by atoms with Gasteiger partial charge in [0.15, 0.2) is 0 Å². The molecule has 3 aliphatic heterocycles. The molecule has 3 atom stereocenters. The van der Waals surface area contributed by atoms with Gasteiger partial charge in [-0.15, -0.1) is 0 Å². The zero-order valence-electron chi connectivity index (χ0n) is 18.5. The molecular weight excluding hydrogens is 484 g/mol. The first kappa shape index (κ1) is 22.4. The normalized spacial score (nSPS) is 28.5. The van der Waals surface area contributed by atoms with E-state index in [0.29, 0.717) is 22.8 Å². The van der Waals surface area contributed by atoms with Crippen LogP contribution >= 0.6 is 11.6 Å². The molecule has 1 aromatic carbocycles. The highest BCUT2D eigenvalue weighted by molar-refractivity contribution is 7.86. The van der Waals surface area contributed by atoms with E-state index in [1.54, 1.807) is 0 Å². The highest BCUT2D eigenvalue weighted by Crippen LogP contribution is 2.45. The van der Waals surface area contributed by atoms with Crippen LogP contribution in [-0.4, -0.2) is 62.9 Å². The van der Waals surface area contributed by atoms with Crippen LogP contribution in [0.3, 0.4) is 0 Å². The fourth-order valence-electron chi connectivity index (χ4n) is 5.63. The van der Waals surface area contributed by atoms with Crippen LogP contribution in [0, 0.1) is 11.8 Å². The second kappa shape index (κ2) is 7.99. The molecule has 1 saturated carbocycles. The van der Waals surface area contributed by atoms with Crippen molar-refractivity contribution in [1.82, 2.24) is 9.97 Å². The molecule has 0 bridgehead atoms. The van der Waals surface area contributed by atoms with E-state index >= 15 is 0 Å². The van der Waals surface area contributed by atoms with Gasteiger partial charge in [-0.1, -0.05) is 11.6 Å². The third-order valence-electron chi connectivity index (χ3n) is 7.71. The lowest BCUT2D eigenvalue weighted by Crippen LogP contribution is -2.48. The summed E-state index contributed by atoms with van der Waals surface area (Å²) in [5.41, 5.74) is 0.690. The topological polar surface area (TPSA) is 81.6 Å². The summed E-state index contributed by atoms with van der Waals surface area (Å²) < 4.78 is 41.3. The average molecular weight is 510 g/mol. The lowest BCUT2D eigenvalue weighted by molar-refractivity contribution is 0.104. The summed E-state index contributed by atoms with van der Waals surface area (Å²) in [5.74, 6) is 1.41. The van der Waals surface area contributed by atoms with Crippen molar-refractivity contribution in [1.29, 1.82) is 0 Å². The minimum Gasteiger partial charge on any atom is -0.394 e. The Morgan fingerprint density at radius 3 is 2.32 bits per heavy atom. The molecule has 3 fully saturated rings. The number of hydrogen-bond donors (Lipinski definition) is 2. The fourth-order valence-corrected chi connectivity index (χ4v) is 6.93. The van der Waals surface area contributed by atoms with Gasteiger partial charge >= 0.3 is 5.25 Å². The van der Waals surface area contributed by atoms with E-state index < -0.39 is 28.0 Å². The molecule has 2 saturated heterocycles. The van der Waals surface area contributed by atoms with Crippen molar-refractivity contribution in [2.24, 2.45) is 11.8 Å². The van der Waals surface area contributed by atoms with E-state index in [0.717, 1.165) is 51.1 Å². The largest absolute Gasteiger partial charge is 0.394 e. The monoisotopic (exact) mass is 509 g/mol. The molecule has 0 spiro atoms. The van der Waals surface area contributed by atoms with Crippen LogP contribution in [-0.2, 0) is 17.2 Å². The SMILES string of the molecule is O=[S@@]1c2c(nc(N3CC4CN(c5ccc(Cl)cc5)CC4C3)nc2NC2(CO)CCC2)CC1(F)F. The second-order valence-electron chi connectivity index (χ2n) is 9.95. The van der Waals surface area contributed by atoms with Gasteiger partial charge in [0.2, 0.25) is 5.95 Å². The molecule has 4 heterocycles. The Kier molecular flexibility index (Phi) is 5.27. The Bertz CT molecular complexity index is 1130. The van der Waals surface area contributed by atoms with E-state index in [2.05, 4.69) is 25.1 Å². The number of hydrogen-bond acceptors (Lipinski definition) is 7. The third-order valence-corrected chi connectivity index (χ3v) is 9.45. The summed E-state index contributed by atoms with van der Waals surface area (Å²) in [6, 6.07) is 7.84. The summed E-state index contributed by atoms with van der Waals surface area (Å²) in [4.78, 5) is 13.5. The predicted octanol–water partition coefficient (Wildman–Crippen LogP) is 3.29. The summed E-state index contributed by atoms with van der Waals surface area (Å²) in [6.45, 7) is 3.14. The first-order chi connectivity index (χ1) is 16.3. The molecule has 4 aliphatic rings. The smallest absolute Gasteiger partial charge is 0.331 e. The Balaban J connectivity index is 1.25. The van der Waals surface area contributed by atoms with Crippen molar-refractivity contribution in [3.8, 4) is 0 Å². The minimum atomic E-state index is -3.36. The zero-order chi connectivity index (χ0) is 23.7. The van der Waals surface area contributed by atoms with Gasteiger partial charge in [0.1, 0.15) is 21.5 Å². The van der Waals surface area contributed by atoms with Crippen LogP contribution in [0.25, 0.3) is 0 Å². The van der Waals surface area contributed by atoms with Gasteiger partial charge in [0.05, 0.1) is 24.3 Å². The number of benzene rings is 1. The second-order valence-corrected chi connectivity index (χ2v) is 11.9. The van der Waals surface area contributed by atoms with Gasteiger partial charge < -0.3 is 20.2 Å². The van der Waals surface area contributed by atoms with Crippen LogP contribution in [0.5, 0.6) is 0 Å². The molecule has 7 nitrogen and oxygen atoms in total. The predicted molar refractivity (Wildman–Crippen MR) is 127 cm³/mol. The molecule has 2 aromatic rings. The molecule has 1 aliphatic carbocycles. The molecule has 11 heteroatoms. The molecular formula is C23H26ClF2N5O2S. The number of aromatic nitrogens is 2. The number of aliphatic hydroxyl groups is 1. The molecule has 0 amide bonds. The first-order valence-corrected chi connectivity index (χ1v) is 13.1. The first-order valence-electron chi connectivity index (χ1n) is 11.6. The number of aliphatic hydroxyl groups excluding tert-OH is 1. The van der Waals surface area contributed by atoms with Crippen LogP contribution < -0.4 is 15.1 Å². The summed E-state index contributed by atoms with van der Waals surface area (Å²) in [7, 11) is -2.51. The van der Waals surface area contributed by atoms with E-state index in [4.69, 9.17) is 11.6 Å². The van der Waals surface area contributed by atoms with E-state index in [1.165, 1.54) is 0 Å². The number of nitrogens with zero attached hydrogens (tertiary/aromatic N) is 4. The van der Waals surface area contributed by atoms with Gasteiger partial charge in [0, 0.05) is 48.7 Å². The number of rotatable bonds is 5. The van der Waals surface area contributed by atoms with Crippen molar-refractivity contribution < 1.29 is 18.1 Å². The Morgan fingerprint density at radius 1 is 1.09 bits per heavy atom. The molecule has 6 rings (SSSR count). The highest BCUT2D eigenvalue weighted by atomic mass is 35.5. The molecule has 34 heavy (non-hydrogen) atoms. The van der Waals surface area contributed by atoms with Crippen molar-refractivity contribution in [3.05, 3.63) is 35.0 Å². The van der Waals surface area contributed by atoms with Gasteiger partial charge in [0.25, 0.3) is 0 Å². The van der Waals surface area contributed by atoms with Crippen molar-refractivity contribution in [2.45, 2.75) is 41.4 Å². The Morgan fingerprint density at radius 2 is 1.74 bits per heavy atom. The zero-order valence-corrected chi connectivity index (χ0v) is 20.1. The van der Waals surface area contributed by atoms with Crippen molar-refractivity contribution in [3.63, 3.8) is 0 Å². The Labute approximate surface area is 204 Å². The maximum absolute atomic E-state index is 14.4. The lowest BCUT2D eigenvalue weighted by atomic mass is 9.77. The molecule has 2 unspecified atom stereocenters. The summed E-state index contributed by atoms with van der Waals surface area (Å²) in [5, 5.41) is 10.4. The molecule has 182 valence electrons. The summed E-state index contributed by atoms with van der Waals surface area (Å²) >= 11 is 6.02. The van der Waals surface area contributed by atoms with Crippen LogP contribution in [0.4, 0.5) is 26.2 Å². The quantitative estimate of drug-likeness (QED) is 0.640. The standard InChI is InChI=1S/C23H26ClF2N5O2S/c24-16-2-4-17(5-3-16)30-9-14-11-31(12-15(14)10-30)21-27-18-8-23(25,26)34(33)19(18)20(28-21)29-22(13-32)6-1-7-22/h2-5,14-15,32H,1,6-13H2,(H,27,28,29)/t14?,15?,34-/m1/s1. The third kappa shape index (κ3) is 3.65. The van der Waals surface area contributed by atoms with Gasteiger partial charge in [-0.25, -0.2) is 9.19 Å². The minimum absolute atomic E-state index is 0.0122. The molecule has 0 radical (unpaired) electrons. The lowest BCUT2D eigenvalue weighted by Gasteiger charge is -2.41. The Hall–Kier alpha value is -2.04. The number of alkyl halides is 2. The van der Waals surface area contributed by atoms with Crippen LogP contribution in [0.2, 0.25) is 5.02 Å². The number of nitrogens with one attached hydrogen (secondary N) is 1. The van der Waals surface area contributed by atoms with Crippen molar-refractivity contribution in [2.75, 3.05) is 47.9 Å². The maximum atomic E-state index is 14.4. The van der Waals surface area contributed by atoms with E-state index in [-0.39, 0.29) is 23.0 Å². The van der Waals surface area contributed by atoms with Crippen LogP contribution in [0.15, 0.2) is 29.2 Å². The molecule has 1 aromatic heterocycles. The maximum Gasteiger partial charge on any atom is 0.331 e. The molecule has 2 N–H and O–H groups in total. The average Bonchev–Trinajstić information content (AvgIpc) is 3.41. The van der Waals surface area contributed by atoms with E-state index in [9.17, 15) is 18.1 Å². The summed E-state index contributed by atoms with van der Waals surface area (Å²) in [6.07, 6.45) is 1.72. The van der Waals surface area contributed by atoms with Gasteiger partial charge in [-0.3, -0.25) is 0 Å². The highest BCUT2D eigenvalue weighted by Gasteiger charge is 2.50. The van der Waals surface area contributed by atoms with E-state index in [1.807, 2.05) is 24.3 Å². The number of anilines is 3. The number of halogens is 3. The van der Waals surface area contributed by atoms with Crippen molar-refractivity contribution >= 4 is 39.9 Å². The fraction of sp³-hybridized carbons (Fsp3) is 0.565.